The molecule has 0 N–H and O–H groups in total. The molecule has 0 aromatic rings. The third kappa shape index (κ3) is 3.42. The van der Waals surface area contributed by atoms with Crippen molar-refractivity contribution in [2.24, 2.45) is 0 Å². The van der Waals surface area contributed by atoms with Gasteiger partial charge in [-0.25, -0.2) is 4.79 Å². The van der Waals surface area contributed by atoms with E-state index in [9.17, 15) is 18.0 Å². The molecule has 1 aliphatic heterocycles. The van der Waals surface area contributed by atoms with Crippen molar-refractivity contribution in [1.29, 1.82) is 0 Å². The van der Waals surface area contributed by atoms with Gasteiger partial charge < -0.3 is 9.57 Å². The van der Waals surface area contributed by atoms with Crippen LogP contribution in [0.15, 0.2) is 0 Å². The molecule has 1 fully saturated rings. The molecule has 0 radical (unpaired) electrons. The third-order valence-electron chi connectivity index (χ3n) is 1.66. The van der Waals surface area contributed by atoms with Crippen LogP contribution in [0.2, 0.25) is 0 Å². The molecular weight excluding hydrogens is 215 g/mol. The third-order valence-corrected chi connectivity index (χ3v) is 1.66. The summed E-state index contributed by atoms with van der Waals surface area (Å²) < 4.78 is 40.4. The van der Waals surface area contributed by atoms with E-state index in [-0.39, 0.29) is 19.7 Å². The Balaban J connectivity index is 2.46. The topological polar surface area (TPSA) is 38.8 Å². The quantitative estimate of drug-likeness (QED) is 0.601. The SMILES string of the molecule is C#CC1CN(OC(=O)C(F)(F)F)CCO1. The van der Waals surface area contributed by atoms with Crippen molar-refractivity contribution < 1.29 is 27.5 Å². The monoisotopic (exact) mass is 223 g/mol. The predicted octanol–water partition coefficient (Wildman–Crippen LogP) is 0.341. The molecule has 0 aromatic heterocycles. The lowest BCUT2D eigenvalue weighted by molar-refractivity contribution is -0.250. The molecule has 1 aliphatic rings. The lowest BCUT2D eigenvalue weighted by atomic mass is 10.3. The highest BCUT2D eigenvalue weighted by molar-refractivity contribution is 5.75. The first-order valence-corrected chi connectivity index (χ1v) is 4.05. The summed E-state index contributed by atoms with van der Waals surface area (Å²) in [5.74, 6) is -0.0404. The molecule has 0 amide bonds. The predicted molar refractivity (Wildman–Crippen MR) is 42.3 cm³/mol. The van der Waals surface area contributed by atoms with Crippen LogP contribution >= 0.6 is 0 Å². The second-order valence-electron chi connectivity index (χ2n) is 2.79. The molecule has 0 saturated carbocycles. The van der Waals surface area contributed by atoms with Crippen molar-refractivity contribution in [3.05, 3.63) is 0 Å². The van der Waals surface area contributed by atoms with Crippen LogP contribution in [0.5, 0.6) is 0 Å². The largest absolute Gasteiger partial charge is 0.492 e. The zero-order chi connectivity index (χ0) is 11.5. The zero-order valence-electron chi connectivity index (χ0n) is 7.58. The van der Waals surface area contributed by atoms with Crippen LogP contribution in [-0.2, 0) is 14.4 Å². The van der Waals surface area contributed by atoms with Crippen LogP contribution in [0.1, 0.15) is 0 Å². The number of hydrogen-bond donors (Lipinski definition) is 0. The maximum Gasteiger partial charge on any atom is 0.492 e. The molecule has 1 saturated heterocycles. The summed E-state index contributed by atoms with van der Waals surface area (Å²) in [6, 6.07) is 0. The fourth-order valence-electron chi connectivity index (χ4n) is 0.978. The van der Waals surface area contributed by atoms with Gasteiger partial charge in [-0.15, -0.1) is 11.5 Å². The minimum absolute atomic E-state index is 0.0572. The summed E-state index contributed by atoms with van der Waals surface area (Å²) in [5, 5.41) is 0.851. The number of hydrogen-bond acceptors (Lipinski definition) is 4. The Kier molecular flexibility index (Phi) is 3.55. The maximum absolute atomic E-state index is 11.8. The second-order valence-corrected chi connectivity index (χ2v) is 2.79. The van der Waals surface area contributed by atoms with E-state index in [4.69, 9.17) is 11.2 Å². The fourth-order valence-corrected chi connectivity index (χ4v) is 0.978. The van der Waals surface area contributed by atoms with E-state index in [1.54, 1.807) is 0 Å². The highest BCUT2D eigenvalue weighted by Gasteiger charge is 2.43. The standard InChI is InChI=1S/C8H8F3NO3/c1-2-6-5-12(3-4-14-6)15-7(13)8(9,10)11/h1,6H,3-5H2. The van der Waals surface area contributed by atoms with Gasteiger partial charge in [-0.3, -0.25) is 0 Å². The molecule has 1 rings (SSSR count). The van der Waals surface area contributed by atoms with Crippen LogP contribution in [0.25, 0.3) is 0 Å². The Morgan fingerprint density at radius 1 is 1.60 bits per heavy atom. The zero-order valence-corrected chi connectivity index (χ0v) is 7.58. The van der Waals surface area contributed by atoms with Crippen LogP contribution in [0, 0.1) is 12.3 Å². The normalized spacial score (nSPS) is 23.2. The molecule has 15 heavy (non-hydrogen) atoms. The fraction of sp³-hybridized carbons (Fsp3) is 0.625. The Bertz CT molecular complexity index is 284. The van der Waals surface area contributed by atoms with Crippen molar-refractivity contribution in [3.63, 3.8) is 0 Å². The summed E-state index contributed by atoms with van der Waals surface area (Å²) >= 11 is 0. The number of carbonyl (C=O) groups excluding carboxylic acids is 1. The molecule has 1 heterocycles. The second kappa shape index (κ2) is 4.51. The van der Waals surface area contributed by atoms with Gasteiger partial charge in [-0.2, -0.15) is 13.2 Å². The van der Waals surface area contributed by atoms with Gasteiger partial charge in [0.05, 0.1) is 19.7 Å². The van der Waals surface area contributed by atoms with Gasteiger partial charge in [0.25, 0.3) is 0 Å². The average molecular weight is 223 g/mol. The van der Waals surface area contributed by atoms with Gasteiger partial charge in [0.2, 0.25) is 0 Å². The van der Waals surface area contributed by atoms with Gasteiger partial charge in [0, 0.05) is 0 Å². The molecule has 1 unspecified atom stereocenters. The van der Waals surface area contributed by atoms with Crippen LogP contribution in [-0.4, -0.2) is 43.0 Å². The summed E-state index contributed by atoms with van der Waals surface area (Å²) in [6.45, 7) is 0.137. The number of halogens is 3. The van der Waals surface area contributed by atoms with Crippen LogP contribution < -0.4 is 0 Å². The Morgan fingerprint density at radius 3 is 2.80 bits per heavy atom. The van der Waals surface area contributed by atoms with Crippen molar-refractivity contribution in [3.8, 4) is 12.3 Å². The number of carbonyl (C=O) groups is 1. The number of ether oxygens (including phenoxy) is 1. The van der Waals surface area contributed by atoms with E-state index in [2.05, 4.69) is 10.8 Å². The van der Waals surface area contributed by atoms with Gasteiger partial charge in [-0.1, -0.05) is 5.92 Å². The van der Waals surface area contributed by atoms with Gasteiger partial charge in [0.15, 0.2) is 0 Å². The Labute approximate surface area is 83.9 Å². The number of nitrogens with zero attached hydrogens (tertiary/aromatic N) is 1. The van der Waals surface area contributed by atoms with Crippen molar-refractivity contribution in [2.45, 2.75) is 12.3 Å². The molecule has 84 valence electrons. The summed E-state index contributed by atoms with van der Waals surface area (Å²) in [6.07, 6.45) is -0.631. The first kappa shape index (κ1) is 11.8. The van der Waals surface area contributed by atoms with Gasteiger partial charge in [-0.05, 0) is 0 Å². The molecule has 0 aliphatic carbocycles. The van der Waals surface area contributed by atoms with Gasteiger partial charge >= 0.3 is 12.1 Å². The summed E-state index contributed by atoms with van der Waals surface area (Å²) in [4.78, 5) is 14.5. The first-order chi connectivity index (χ1) is 6.93. The number of morpholine rings is 1. The number of rotatable bonds is 1. The lowest BCUT2D eigenvalue weighted by Crippen LogP contribution is -2.45. The molecule has 0 bridgehead atoms. The first-order valence-electron chi connectivity index (χ1n) is 4.05. The van der Waals surface area contributed by atoms with Crippen molar-refractivity contribution in [2.75, 3.05) is 19.7 Å². The van der Waals surface area contributed by atoms with E-state index in [0.717, 1.165) is 5.06 Å². The summed E-state index contributed by atoms with van der Waals surface area (Å²) in [7, 11) is 0. The minimum atomic E-state index is -5.00. The molecule has 0 aromatic carbocycles. The van der Waals surface area contributed by atoms with Crippen molar-refractivity contribution in [1.82, 2.24) is 5.06 Å². The molecular formula is C8H8F3NO3. The summed E-state index contributed by atoms with van der Waals surface area (Å²) in [5.41, 5.74) is 0. The average Bonchev–Trinajstić information content (AvgIpc) is 2.16. The van der Waals surface area contributed by atoms with E-state index in [1.807, 2.05) is 0 Å². The molecule has 4 nitrogen and oxygen atoms in total. The Morgan fingerprint density at radius 2 is 2.27 bits per heavy atom. The molecule has 0 spiro atoms. The van der Waals surface area contributed by atoms with E-state index in [0.29, 0.717) is 0 Å². The van der Waals surface area contributed by atoms with E-state index in [1.165, 1.54) is 0 Å². The molecule has 1 atom stereocenters. The van der Waals surface area contributed by atoms with Crippen LogP contribution in [0.3, 0.4) is 0 Å². The van der Waals surface area contributed by atoms with E-state index < -0.39 is 18.2 Å². The van der Waals surface area contributed by atoms with Crippen molar-refractivity contribution >= 4 is 5.97 Å². The molecule has 7 heteroatoms. The Hall–Kier alpha value is -1.26. The van der Waals surface area contributed by atoms with E-state index >= 15 is 0 Å². The van der Waals surface area contributed by atoms with Crippen LogP contribution in [0.4, 0.5) is 13.2 Å². The number of alkyl halides is 3. The number of terminal acetylenes is 1. The maximum atomic E-state index is 11.8. The highest BCUT2D eigenvalue weighted by atomic mass is 19.4. The lowest BCUT2D eigenvalue weighted by Gasteiger charge is -2.28. The number of hydroxylamine groups is 2. The minimum Gasteiger partial charge on any atom is -0.363 e. The van der Waals surface area contributed by atoms with Gasteiger partial charge in [0.1, 0.15) is 6.10 Å². The smallest absolute Gasteiger partial charge is 0.363 e. The highest BCUT2D eigenvalue weighted by Crippen LogP contribution is 2.18.